The maximum atomic E-state index is 11.9. The number of methoxy groups -OCH3 is 1. The quantitative estimate of drug-likeness (QED) is 0.878. The largest absolute Gasteiger partial charge is 0.487 e. The Kier molecular flexibility index (Phi) is 3.94. The molecule has 0 bridgehead atoms. The monoisotopic (exact) mass is 311 g/mol. The Morgan fingerprint density at radius 2 is 1.85 bits per heavy atom. The van der Waals surface area contributed by atoms with E-state index in [0.717, 1.165) is 11.3 Å². The van der Waals surface area contributed by atoms with Crippen LogP contribution in [0.1, 0.15) is 16.6 Å². The lowest BCUT2D eigenvalue weighted by Gasteiger charge is -2.06. The Bertz CT molecular complexity index is 748. The Hall–Kier alpha value is -1.70. The molecule has 0 fully saturated rings. The summed E-state index contributed by atoms with van der Waals surface area (Å²) >= 11 is 0.985. The van der Waals surface area contributed by atoms with Gasteiger partial charge in [-0.3, -0.25) is 4.79 Å². The normalized spacial score (nSPS) is 11.3. The molecular weight excluding hydrogens is 298 g/mol. The fraction of sp³-hybridized carbons (Fsp3) is 0.154. The number of carbonyl (C=O) groups is 1. The van der Waals surface area contributed by atoms with E-state index in [2.05, 4.69) is 0 Å². The summed E-state index contributed by atoms with van der Waals surface area (Å²) in [6, 6.07) is 8.83. The zero-order valence-electron chi connectivity index (χ0n) is 10.9. The molecule has 0 radical (unpaired) electrons. The summed E-state index contributed by atoms with van der Waals surface area (Å²) in [6.45, 7) is 1.30. The molecule has 0 spiro atoms. The summed E-state index contributed by atoms with van der Waals surface area (Å²) < 4.78 is 28.9. The Balaban J connectivity index is 2.88. The van der Waals surface area contributed by atoms with Crippen molar-refractivity contribution in [2.24, 2.45) is 5.14 Å². The number of sulfonamides is 1. The van der Waals surface area contributed by atoms with Crippen LogP contribution in [0.5, 0.6) is 5.06 Å². The van der Waals surface area contributed by atoms with Crippen molar-refractivity contribution in [3.63, 3.8) is 0 Å². The molecule has 0 atom stereocenters. The Morgan fingerprint density at radius 3 is 2.30 bits per heavy atom. The number of primary sulfonamides is 1. The summed E-state index contributed by atoms with van der Waals surface area (Å²) in [7, 11) is -2.61. The third kappa shape index (κ3) is 2.60. The zero-order chi connectivity index (χ0) is 14.9. The first-order chi connectivity index (χ1) is 9.36. The van der Waals surface area contributed by atoms with Crippen LogP contribution in [0.15, 0.2) is 35.2 Å². The molecule has 0 saturated heterocycles. The van der Waals surface area contributed by atoms with Crippen molar-refractivity contribution in [3.8, 4) is 16.2 Å². The van der Waals surface area contributed by atoms with Gasteiger partial charge in [0.15, 0.2) is 10.8 Å². The average Bonchev–Trinajstić information content (AvgIpc) is 2.79. The van der Waals surface area contributed by atoms with Gasteiger partial charge in [0.1, 0.15) is 4.90 Å². The average molecular weight is 311 g/mol. The van der Waals surface area contributed by atoms with Crippen LogP contribution in [0.4, 0.5) is 0 Å². The minimum Gasteiger partial charge on any atom is -0.487 e. The second-order valence-electron chi connectivity index (χ2n) is 4.09. The van der Waals surface area contributed by atoms with E-state index < -0.39 is 10.0 Å². The standard InChI is InChI=1S/C13H13NO4S2/c1-8(15)11-12(20(14,16)17)10(13(18-2)19-11)9-6-4-3-5-7-9/h3-7H,1-2H3,(H2,14,16,17). The highest BCUT2D eigenvalue weighted by Gasteiger charge is 2.29. The maximum Gasteiger partial charge on any atom is 0.240 e. The predicted molar refractivity (Wildman–Crippen MR) is 77.7 cm³/mol. The first kappa shape index (κ1) is 14.7. The van der Waals surface area contributed by atoms with Gasteiger partial charge in [0, 0.05) is 6.92 Å². The number of ketones is 1. The van der Waals surface area contributed by atoms with Crippen molar-refractivity contribution in [1.82, 2.24) is 0 Å². The second kappa shape index (κ2) is 5.35. The molecule has 2 rings (SSSR count). The first-order valence-corrected chi connectivity index (χ1v) is 8.02. The lowest BCUT2D eigenvalue weighted by atomic mass is 10.1. The van der Waals surface area contributed by atoms with Crippen molar-refractivity contribution in [1.29, 1.82) is 0 Å². The van der Waals surface area contributed by atoms with Gasteiger partial charge in [0.05, 0.1) is 17.6 Å². The van der Waals surface area contributed by atoms with Gasteiger partial charge in [-0.05, 0) is 5.56 Å². The topological polar surface area (TPSA) is 86.5 Å². The molecule has 2 N–H and O–H groups in total. The molecule has 1 aromatic carbocycles. The van der Waals surface area contributed by atoms with Crippen molar-refractivity contribution < 1.29 is 17.9 Å². The fourth-order valence-electron chi connectivity index (χ4n) is 1.90. The van der Waals surface area contributed by atoms with E-state index >= 15 is 0 Å². The summed E-state index contributed by atoms with van der Waals surface area (Å²) in [5.74, 6) is -0.362. The molecule has 0 aliphatic heterocycles. The molecule has 2 aromatic rings. The number of hydrogen-bond donors (Lipinski definition) is 1. The molecule has 7 heteroatoms. The predicted octanol–water partition coefficient (Wildman–Crippen LogP) is 2.27. The second-order valence-corrected chi connectivity index (χ2v) is 6.58. The lowest BCUT2D eigenvalue weighted by molar-refractivity contribution is 0.101. The lowest BCUT2D eigenvalue weighted by Crippen LogP contribution is -2.15. The molecule has 5 nitrogen and oxygen atoms in total. The van der Waals surface area contributed by atoms with Gasteiger partial charge < -0.3 is 4.74 Å². The van der Waals surface area contributed by atoms with Gasteiger partial charge in [-0.1, -0.05) is 41.7 Å². The molecule has 0 aliphatic rings. The van der Waals surface area contributed by atoms with Gasteiger partial charge in [-0.15, -0.1) is 0 Å². The molecule has 1 heterocycles. The highest BCUT2D eigenvalue weighted by Crippen LogP contribution is 2.44. The minimum atomic E-state index is -4.04. The van der Waals surface area contributed by atoms with E-state index in [-0.39, 0.29) is 15.6 Å². The number of nitrogens with two attached hydrogens (primary N) is 1. The van der Waals surface area contributed by atoms with Crippen LogP contribution in [-0.2, 0) is 10.0 Å². The van der Waals surface area contributed by atoms with E-state index in [9.17, 15) is 13.2 Å². The van der Waals surface area contributed by atoms with Crippen LogP contribution in [-0.4, -0.2) is 21.3 Å². The fourth-order valence-corrected chi connectivity index (χ4v) is 4.26. The minimum absolute atomic E-state index is 0.0863. The van der Waals surface area contributed by atoms with Crippen LogP contribution < -0.4 is 9.88 Å². The van der Waals surface area contributed by atoms with Crippen molar-refractivity contribution >= 4 is 27.1 Å². The van der Waals surface area contributed by atoms with E-state index in [1.165, 1.54) is 14.0 Å². The van der Waals surface area contributed by atoms with Crippen molar-refractivity contribution in [2.75, 3.05) is 7.11 Å². The summed E-state index contributed by atoms with van der Waals surface area (Å²) in [6.07, 6.45) is 0. The van der Waals surface area contributed by atoms with Crippen LogP contribution in [0.2, 0.25) is 0 Å². The molecule has 0 unspecified atom stereocenters. The van der Waals surface area contributed by atoms with E-state index in [0.29, 0.717) is 16.2 Å². The molecule has 106 valence electrons. The number of thiophene rings is 1. The zero-order valence-corrected chi connectivity index (χ0v) is 12.5. The van der Waals surface area contributed by atoms with Gasteiger partial charge in [0.2, 0.25) is 10.0 Å². The SMILES string of the molecule is COc1sc(C(C)=O)c(S(N)(=O)=O)c1-c1ccccc1. The van der Waals surface area contributed by atoms with Gasteiger partial charge in [0.25, 0.3) is 0 Å². The number of carbonyl (C=O) groups excluding carboxylic acids is 1. The van der Waals surface area contributed by atoms with Crippen LogP contribution in [0.3, 0.4) is 0 Å². The van der Waals surface area contributed by atoms with Gasteiger partial charge in [-0.2, -0.15) is 0 Å². The van der Waals surface area contributed by atoms with Crippen LogP contribution in [0, 0.1) is 0 Å². The van der Waals surface area contributed by atoms with Crippen LogP contribution >= 0.6 is 11.3 Å². The molecule has 20 heavy (non-hydrogen) atoms. The molecule has 0 amide bonds. The maximum absolute atomic E-state index is 11.9. The van der Waals surface area contributed by atoms with E-state index in [1.54, 1.807) is 24.3 Å². The number of ether oxygens (including phenoxy) is 1. The smallest absolute Gasteiger partial charge is 0.240 e. The summed E-state index contributed by atoms with van der Waals surface area (Å²) in [4.78, 5) is 11.6. The molecule has 1 aromatic heterocycles. The van der Waals surface area contributed by atoms with Gasteiger partial charge in [-0.25, -0.2) is 13.6 Å². The highest BCUT2D eigenvalue weighted by molar-refractivity contribution is 7.89. The van der Waals surface area contributed by atoms with Crippen LogP contribution in [0.25, 0.3) is 11.1 Å². The first-order valence-electron chi connectivity index (χ1n) is 5.66. The summed E-state index contributed by atoms with van der Waals surface area (Å²) in [5, 5.41) is 5.62. The molecular formula is C13H13NO4S2. The molecule has 0 saturated carbocycles. The van der Waals surface area contributed by atoms with Crippen molar-refractivity contribution in [2.45, 2.75) is 11.8 Å². The van der Waals surface area contributed by atoms with Crippen molar-refractivity contribution in [3.05, 3.63) is 35.2 Å². The Morgan fingerprint density at radius 1 is 1.25 bits per heavy atom. The number of benzene rings is 1. The number of Topliss-reactive ketones (excluding diaryl/α,β-unsaturated/α-hetero) is 1. The summed E-state index contributed by atoms with van der Waals surface area (Å²) in [5.41, 5.74) is 0.975. The highest BCUT2D eigenvalue weighted by atomic mass is 32.2. The molecule has 0 aliphatic carbocycles. The van der Waals surface area contributed by atoms with E-state index in [1.807, 2.05) is 6.07 Å². The third-order valence-corrected chi connectivity index (χ3v) is 5.04. The number of rotatable bonds is 4. The van der Waals surface area contributed by atoms with Gasteiger partial charge >= 0.3 is 0 Å². The number of hydrogen-bond acceptors (Lipinski definition) is 5. The van der Waals surface area contributed by atoms with E-state index in [4.69, 9.17) is 9.88 Å². The Labute approximate surface area is 121 Å². The third-order valence-electron chi connectivity index (χ3n) is 2.68.